The predicted octanol–water partition coefficient (Wildman–Crippen LogP) is 0.177. The molecule has 4 N–H and O–H groups in total. The lowest BCUT2D eigenvalue weighted by molar-refractivity contribution is 0.343. The van der Waals surface area contributed by atoms with Gasteiger partial charge in [-0.15, -0.1) is 0 Å². The van der Waals surface area contributed by atoms with Crippen LogP contribution in [0.15, 0.2) is 0 Å². The molecule has 0 aliphatic carbocycles. The van der Waals surface area contributed by atoms with Crippen molar-refractivity contribution in [2.24, 2.45) is 0 Å². The Morgan fingerprint density at radius 2 is 2.00 bits per heavy atom. The zero-order valence-electron chi connectivity index (χ0n) is 3.47. The maximum absolute atomic E-state index is 9.33. The third-order valence-corrected chi connectivity index (χ3v) is 0.524. The monoisotopic (exact) mass is 113 g/mol. The Kier molecular flexibility index (Phi) is 8.04. The molecular weight excluding hydrogens is 105 g/mol. The van der Waals surface area contributed by atoms with Gasteiger partial charge < -0.3 is 15.6 Å². The van der Waals surface area contributed by atoms with Crippen LogP contribution in [0.5, 0.6) is 0 Å². The quantitative estimate of drug-likeness (QED) is 0.475. The van der Waals surface area contributed by atoms with Crippen molar-refractivity contribution >= 4 is 8.25 Å². The summed E-state index contributed by atoms with van der Waals surface area (Å²) in [5.41, 5.74) is 0. The van der Waals surface area contributed by atoms with Crippen LogP contribution >= 0.6 is 8.25 Å². The standard InChI is InChI=1S/CH5O3P.H3N/c1-4-5(2)3;/h5H,1H3,(H,2,3);1H3. The van der Waals surface area contributed by atoms with E-state index in [4.69, 9.17) is 4.89 Å². The van der Waals surface area contributed by atoms with Crippen LogP contribution in [0.25, 0.3) is 0 Å². The second kappa shape index (κ2) is 5.11. The Morgan fingerprint density at radius 1 is 1.83 bits per heavy atom. The Labute approximate surface area is 36.7 Å². The minimum Gasteiger partial charge on any atom is -0.344 e. The number of rotatable bonds is 1. The van der Waals surface area contributed by atoms with E-state index in [1.807, 2.05) is 0 Å². The molecule has 0 spiro atoms. The molecule has 0 rings (SSSR count). The van der Waals surface area contributed by atoms with E-state index in [0.717, 1.165) is 0 Å². The fourth-order valence-electron chi connectivity index (χ4n) is 0. The first-order chi connectivity index (χ1) is 2.27. The summed E-state index contributed by atoms with van der Waals surface area (Å²) in [7, 11) is -1.44. The van der Waals surface area contributed by atoms with Gasteiger partial charge in [0, 0.05) is 7.11 Å². The first-order valence-corrected chi connectivity index (χ1v) is 2.30. The van der Waals surface area contributed by atoms with E-state index in [1.54, 1.807) is 0 Å². The van der Waals surface area contributed by atoms with Crippen molar-refractivity contribution < 1.29 is 14.0 Å². The molecule has 0 aromatic rings. The molecule has 0 bridgehead atoms. The van der Waals surface area contributed by atoms with Crippen LogP contribution in [0.2, 0.25) is 0 Å². The van der Waals surface area contributed by atoms with Gasteiger partial charge in [-0.05, 0) is 0 Å². The van der Waals surface area contributed by atoms with Crippen molar-refractivity contribution in [2.75, 3.05) is 7.11 Å². The number of hydrogen-bond acceptors (Lipinski definition) is 3. The maximum atomic E-state index is 9.33. The fraction of sp³-hybridized carbons (Fsp3) is 1.00. The molecule has 6 heavy (non-hydrogen) atoms. The maximum Gasteiger partial charge on any atom is 0.316 e. The topological polar surface area (TPSA) is 81.5 Å². The summed E-state index contributed by atoms with van der Waals surface area (Å²) in [4.78, 5) is 7.69. The Balaban J connectivity index is 0. The molecule has 0 amide bonds. The second-order valence-electron chi connectivity index (χ2n) is 0.470. The van der Waals surface area contributed by atoms with Gasteiger partial charge in [0.05, 0.1) is 0 Å². The minimum atomic E-state index is -2.62. The van der Waals surface area contributed by atoms with Crippen molar-refractivity contribution in [3.8, 4) is 0 Å². The van der Waals surface area contributed by atoms with Gasteiger partial charge in [0.1, 0.15) is 0 Å². The lowest BCUT2D eigenvalue weighted by atomic mass is 11.8. The highest BCUT2D eigenvalue weighted by molar-refractivity contribution is 7.32. The Morgan fingerprint density at radius 3 is 2.00 bits per heavy atom. The molecule has 0 fully saturated rings. The zero-order valence-corrected chi connectivity index (χ0v) is 4.47. The molecule has 5 heteroatoms. The third-order valence-electron chi connectivity index (χ3n) is 0.175. The first kappa shape index (κ1) is 9.44. The summed E-state index contributed by atoms with van der Waals surface area (Å²) in [6.07, 6.45) is 0. The van der Waals surface area contributed by atoms with E-state index in [0.29, 0.717) is 0 Å². The molecule has 0 aliphatic rings. The van der Waals surface area contributed by atoms with Crippen LogP contribution in [0.4, 0.5) is 0 Å². The fourth-order valence-corrected chi connectivity index (χ4v) is 0. The second-order valence-corrected chi connectivity index (χ2v) is 1.41. The molecule has 4 nitrogen and oxygen atoms in total. The molecular formula is CH8NO3P. The van der Waals surface area contributed by atoms with Crippen molar-refractivity contribution in [3.63, 3.8) is 0 Å². The van der Waals surface area contributed by atoms with Crippen molar-refractivity contribution in [2.45, 2.75) is 0 Å². The molecule has 0 saturated carbocycles. The van der Waals surface area contributed by atoms with Gasteiger partial charge in [-0.3, -0.25) is 4.57 Å². The highest BCUT2D eigenvalue weighted by atomic mass is 31.1. The first-order valence-electron chi connectivity index (χ1n) is 1.04. The van der Waals surface area contributed by atoms with E-state index >= 15 is 0 Å². The van der Waals surface area contributed by atoms with Gasteiger partial charge in [0.15, 0.2) is 0 Å². The SMILES string of the molecule is CO[PH](=O)O.N. The molecule has 0 aromatic heterocycles. The van der Waals surface area contributed by atoms with E-state index in [2.05, 4.69) is 4.52 Å². The molecule has 0 heterocycles. The van der Waals surface area contributed by atoms with Crippen LogP contribution in [-0.2, 0) is 9.09 Å². The summed E-state index contributed by atoms with van der Waals surface area (Å²) in [6, 6.07) is 0. The van der Waals surface area contributed by atoms with Gasteiger partial charge in [-0.25, -0.2) is 0 Å². The molecule has 1 atom stereocenters. The highest BCUT2D eigenvalue weighted by Gasteiger charge is 1.74. The molecule has 1 unspecified atom stereocenters. The molecule has 40 valence electrons. The van der Waals surface area contributed by atoms with Crippen LogP contribution in [0, 0.1) is 0 Å². The summed E-state index contributed by atoms with van der Waals surface area (Å²) in [6.45, 7) is 0. The predicted molar refractivity (Wildman–Crippen MR) is 23.3 cm³/mol. The largest absolute Gasteiger partial charge is 0.344 e. The third kappa shape index (κ3) is 8.93. The lowest BCUT2D eigenvalue weighted by Crippen LogP contribution is -1.57. The van der Waals surface area contributed by atoms with Gasteiger partial charge >= 0.3 is 8.25 Å². The summed E-state index contributed by atoms with van der Waals surface area (Å²) in [5.74, 6) is 0. The Hall–Kier alpha value is 0.110. The van der Waals surface area contributed by atoms with Crippen LogP contribution < -0.4 is 6.15 Å². The van der Waals surface area contributed by atoms with Crippen molar-refractivity contribution in [3.05, 3.63) is 0 Å². The summed E-state index contributed by atoms with van der Waals surface area (Å²) >= 11 is 0. The van der Waals surface area contributed by atoms with Crippen molar-refractivity contribution in [1.82, 2.24) is 6.15 Å². The van der Waals surface area contributed by atoms with E-state index < -0.39 is 8.25 Å². The highest BCUT2D eigenvalue weighted by Crippen LogP contribution is 2.09. The van der Waals surface area contributed by atoms with E-state index in [1.165, 1.54) is 7.11 Å². The molecule has 0 radical (unpaired) electrons. The van der Waals surface area contributed by atoms with Gasteiger partial charge in [0.25, 0.3) is 0 Å². The Bertz CT molecular complexity index is 46.1. The average Bonchev–Trinajstić information content (AvgIpc) is 1.38. The van der Waals surface area contributed by atoms with E-state index in [9.17, 15) is 4.57 Å². The minimum absolute atomic E-state index is 0. The van der Waals surface area contributed by atoms with Gasteiger partial charge in [-0.2, -0.15) is 0 Å². The molecule has 0 aliphatic heterocycles. The molecule has 0 saturated heterocycles. The lowest BCUT2D eigenvalue weighted by Gasteiger charge is -1.78. The van der Waals surface area contributed by atoms with Gasteiger partial charge in [-0.1, -0.05) is 0 Å². The number of hydrogen-bond donors (Lipinski definition) is 2. The van der Waals surface area contributed by atoms with Crippen molar-refractivity contribution in [1.29, 1.82) is 0 Å². The van der Waals surface area contributed by atoms with Crippen LogP contribution in [-0.4, -0.2) is 12.0 Å². The zero-order chi connectivity index (χ0) is 4.28. The van der Waals surface area contributed by atoms with Crippen LogP contribution in [0.3, 0.4) is 0 Å². The molecule has 0 aromatic carbocycles. The average molecular weight is 113 g/mol. The normalized spacial score (nSPS) is 12.3. The van der Waals surface area contributed by atoms with E-state index in [-0.39, 0.29) is 6.15 Å². The van der Waals surface area contributed by atoms with Gasteiger partial charge in [0.2, 0.25) is 0 Å². The summed E-state index contributed by atoms with van der Waals surface area (Å²) in [5, 5.41) is 0. The summed E-state index contributed by atoms with van der Waals surface area (Å²) < 4.78 is 13.2. The van der Waals surface area contributed by atoms with Crippen LogP contribution in [0.1, 0.15) is 0 Å². The smallest absolute Gasteiger partial charge is 0.316 e.